The zero-order chi connectivity index (χ0) is 15.2. The average molecular weight is 323 g/mol. The second-order valence-corrected chi connectivity index (χ2v) is 4.89. The van der Waals surface area contributed by atoms with Gasteiger partial charge >= 0.3 is 5.69 Å². The van der Waals surface area contributed by atoms with Gasteiger partial charge in [-0.05, 0) is 30.4 Å². The summed E-state index contributed by atoms with van der Waals surface area (Å²) >= 11 is 0. The van der Waals surface area contributed by atoms with Crippen LogP contribution in [0.2, 0.25) is 0 Å². The Labute approximate surface area is 137 Å². The molecule has 5 nitrogen and oxygen atoms in total. The van der Waals surface area contributed by atoms with Crippen molar-refractivity contribution in [3.05, 3.63) is 46.1 Å². The van der Waals surface area contributed by atoms with E-state index >= 15 is 0 Å². The molecule has 0 radical (unpaired) electrons. The molecule has 1 aromatic carbocycles. The predicted octanol–water partition coefficient (Wildman–Crippen LogP) is 3.00. The van der Waals surface area contributed by atoms with E-state index in [1.807, 2.05) is 18.2 Å². The van der Waals surface area contributed by atoms with E-state index in [0.29, 0.717) is 5.95 Å². The Balaban J connectivity index is 0.00000242. The second kappa shape index (κ2) is 8.54. The number of halogens is 1. The van der Waals surface area contributed by atoms with Gasteiger partial charge in [-0.2, -0.15) is 4.98 Å². The minimum absolute atomic E-state index is 0. The van der Waals surface area contributed by atoms with Crippen molar-refractivity contribution in [2.24, 2.45) is 0 Å². The highest BCUT2D eigenvalue weighted by Crippen LogP contribution is 2.19. The van der Waals surface area contributed by atoms with Gasteiger partial charge in [-0.1, -0.05) is 39.0 Å². The molecule has 1 aromatic heterocycles. The summed E-state index contributed by atoms with van der Waals surface area (Å²) in [4.78, 5) is 20.6. The molecule has 0 fully saturated rings. The molecule has 0 atom stereocenters. The number of aryl methyl sites for hydroxylation is 2. The summed E-state index contributed by atoms with van der Waals surface area (Å²) in [6, 6.07) is 6.12. The van der Waals surface area contributed by atoms with E-state index < -0.39 is 0 Å². The molecule has 1 heterocycles. The molecule has 0 aliphatic heterocycles. The van der Waals surface area contributed by atoms with Gasteiger partial charge in [-0.25, -0.2) is 9.78 Å². The largest absolute Gasteiger partial charge is 0.356 e. The highest BCUT2D eigenvalue weighted by Gasteiger charge is 2.11. The molecule has 1 N–H and O–H groups in total. The van der Waals surface area contributed by atoms with E-state index in [2.05, 4.69) is 36.1 Å². The lowest BCUT2D eigenvalue weighted by Crippen LogP contribution is -2.25. The van der Waals surface area contributed by atoms with Gasteiger partial charge in [0.2, 0.25) is 5.95 Å². The van der Waals surface area contributed by atoms with Crippen molar-refractivity contribution in [2.45, 2.75) is 40.0 Å². The summed E-state index contributed by atoms with van der Waals surface area (Å²) in [5.74, 6) is 0.394. The number of hydrogen-bond donors (Lipinski definition) is 1. The molecule has 2 rings (SSSR count). The van der Waals surface area contributed by atoms with Gasteiger partial charge in [0, 0.05) is 6.54 Å². The SMILES string of the molecule is CCCNc1ncn(-c2c(CC)cccc2CC)c(=O)n1.Cl. The molecule has 0 saturated heterocycles. The van der Waals surface area contributed by atoms with Crippen molar-refractivity contribution in [1.82, 2.24) is 14.5 Å². The van der Waals surface area contributed by atoms with Gasteiger partial charge in [-0.3, -0.25) is 4.57 Å². The number of para-hydroxylation sites is 1. The Kier molecular flexibility index (Phi) is 7.05. The number of hydrogen-bond acceptors (Lipinski definition) is 4. The topological polar surface area (TPSA) is 59.8 Å². The maximum atomic E-state index is 12.3. The molecule has 2 aromatic rings. The molecule has 22 heavy (non-hydrogen) atoms. The second-order valence-electron chi connectivity index (χ2n) is 4.89. The molecule has 6 heteroatoms. The zero-order valence-electron chi connectivity index (χ0n) is 13.3. The molecular formula is C16H23ClN4O. The standard InChI is InChI=1S/C16H22N4O.ClH/c1-4-10-17-15-18-11-20(16(21)19-15)14-12(5-2)8-7-9-13(14)6-3;/h7-9,11H,4-6,10H2,1-3H3,(H,17,19,21);1H. The molecule has 0 bridgehead atoms. The predicted molar refractivity (Wildman–Crippen MR) is 92.4 cm³/mol. The van der Waals surface area contributed by atoms with Crippen LogP contribution < -0.4 is 11.0 Å². The Morgan fingerprint density at radius 2 is 1.77 bits per heavy atom. The van der Waals surface area contributed by atoms with E-state index in [9.17, 15) is 4.79 Å². The number of rotatable bonds is 6. The quantitative estimate of drug-likeness (QED) is 0.888. The lowest BCUT2D eigenvalue weighted by Gasteiger charge is -2.14. The molecule has 0 aliphatic rings. The number of nitrogens with one attached hydrogen (secondary N) is 1. The van der Waals surface area contributed by atoms with Crippen LogP contribution in [0.4, 0.5) is 5.95 Å². The number of aromatic nitrogens is 3. The molecule has 0 unspecified atom stereocenters. The Hall–Kier alpha value is -1.88. The third-order valence-electron chi connectivity index (χ3n) is 3.44. The number of benzene rings is 1. The van der Waals surface area contributed by atoms with Crippen LogP contribution in [0.25, 0.3) is 5.69 Å². The first-order chi connectivity index (χ1) is 10.2. The van der Waals surface area contributed by atoms with Crippen molar-refractivity contribution < 1.29 is 0 Å². The minimum Gasteiger partial charge on any atom is -0.354 e. The first kappa shape index (κ1) is 18.2. The maximum Gasteiger partial charge on any atom is 0.356 e. The molecule has 0 spiro atoms. The van der Waals surface area contributed by atoms with Crippen molar-refractivity contribution >= 4 is 18.4 Å². The van der Waals surface area contributed by atoms with E-state index in [0.717, 1.165) is 42.6 Å². The first-order valence-corrected chi connectivity index (χ1v) is 7.51. The number of nitrogens with zero attached hydrogens (tertiary/aromatic N) is 3. The van der Waals surface area contributed by atoms with Crippen LogP contribution in [-0.4, -0.2) is 21.1 Å². The zero-order valence-corrected chi connectivity index (χ0v) is 14.1. The van der Waals surface area contributed by atoms with Gasteiger partial charge in [0.1, 0.15) is 6.33 Å². The third kappa shape index (κ3) is 3.85. The first-order valence-electron chi connectivity index (χ1n) is 7.51. The Morgan fingerprint density at radius 1 is 1.14 bits per heavy atom. The van der Waals surface area contributed by atoms with Crippen molar-refractivity contribution in [2.75, 3.05) is 11.9 Å². The van der Waals surface area contributed by atoms with Crippen LogP contribution in [0.1, 0.15) is 38.3 Å². The van der Waals surface area contributed by atoms with Crippen molar-refractivity contribution in [3.63, 3.8) is 0 Å². The summed E-state index contributed by atoms with van der Waals surface area (Å²) in [5, 5.41) is 3.04. The third-order valence-corrected chi connectivity index (χ3v) is 3.44. The Bertz CT molecular complexity index is 647. The lowest BCUT2D eigenvalue weighted by molar-refractivity contribution is 0.827. The summed E-state index contributed by atoms with van der Waals surface area (Å²) in [5.41, 5.74) is 2.90. The van der Waals surface area contributed by atoms with Gasteiger partial charge in [0.25, 0.3) is 0 Å². The fraction of sp³-hybridized carbons (Fsp3) is 0.438. The highest BCUT2D eigenvalue weighted by molar-refractivity contribution is 5.85. The van der Waals surface area contributed by atoms with E-state index in [1.165, 1.54) is 0 Å². The van der Waals surface area contributed by atoms with Crippen LogP contribution >= 0.6 is 12.4 Å². The van der Waals surface area contributed by atoms with Gasteiger partial charge in [-0.15, -0.1) is 12.4 Å². The van der Waals surface area contributed by atoms with Crippen LogP contribution in [-0.2, 0) is 12.8 Å². The summed E-state index contributed by atoms with van der Waals surface area (Å²) < 4.78 is 1.55. The minimum atomic E-state index is -0.292. The highest BCUT2D eigenvalue weighted by atomic mass is 35.5. The summed E-state index contributed by atoms with van der Waals surface area (Å²) in [7, 11) is 0. The van der Waals surface area contributed by atoms with Crippen LogP contribution in [0, 0.1) is 0 Å². The summed E-state index contributed by atoms with van der Waals surface area (Å²) in [6.45, 7) is 6.98. The molecule has 0 amide bonds. The van der Waals surface area contributed by atoms with Gasteiger partial charge in [0.05, 0.1) is 5.69 Å². The smallest absolute Gasteiger partial charge is 0.354 e. The molecular weight excluding hydrogens is 300 g/mol. The van der Waals surface area contributed by atoms with Gasteiger partial charge < -0.3 is 5.32 Å². The monoisotopic (exact) mass is 322 g/mol. The maximum absolute atomic E-state index is 12.3. The fourth-order valence-electron chi connectivity index (χ4n) is 2.34. The van der Waals surface area contributed by atoms with E-state index in [1.54, 1.807) is 10.9 Å². The molecule has 0 aliphatic carbocycles. The average Bonchev–Trinajstić information content (AvgIpc) is 2.52. The summed E-state index contributed by atoms with van der Waals surface area (Å²) in [6.07, 6.45) is 4.27. The normalized spacial score (nSPS) is 10.1. The van der Waals surface area contributed by atoms with E-state index in [-0.39, 0.29) is 18.1 Å². The van der Waals surface area contributed by atoms with Crippen LogP contribution in [0.15, 0.2) is 29.3 Å². The fourth-order valence-corrected chi connectivity index (χ4v) is 2.34. The lowest BCUT2D eigenvalue weighted by atomic mass is 10.0. The van der Waals surface area contributed by atoms with Crippen molar-refractivity contribution in [3.8, 4) is 5.69 Å². The van der Waals surface area contributed by atoms with Gasteiger partial charge in [0.15, 0.2) is 0 Å². The van der Waals surface area contributed by atoms with Crippen LogP contribution in [0.3, 0.4) is 0 Å². The van der Waals surface area contributed by atoms with Crippen molar-refractivity contribution in [1.29, 1.82) is 0 Å². The Morgan fingerprint density at radius 3 is 2.27 bits per heavy atom. The molecule has 0 saturated carbocycles. The molecule has 120 valence electrons. The van der Waals surface area contributed by atoms with Crippen LogP contribution in [0.5, 0.6) is 0 Å². The van der Waals surface area contributed by atoms with E-state index in [4.69, 9.17) is 0 Å². The number of anilines is 1.